The van der Waals surface area contributed by atoms with Crippen LogP contribution in [0.15, 0.2) is 17.2 Å². The molecule has 0 bridgehead atoms. The maximum absolute atomic E-state index is 12.3. The van der Waals surface area contributed by atoms with Crippen LogP contribution in [0.5, 0.6) is 0 Å². The number of rotatable bonds is 4. The molecule has 1 saturated heterocycles. The van der Waals surface area contributed by atoms with Gasteiger partial charge in [-0.3, -0.25) is 9.36 Å². The van der Waals surface area contributed by atoms with Crippen molar-refractivity contribution in [1.82, 2.24) is 14.5 Å². The molecule has 2 aliphatic carbocycles. The van der Waals surface area contributed by atoms with E-state index in [4.69, 9.17) is 0 Å². The van der Waals surface area contributed by atoms with Crippen LogP contribution in [0.1, 0.15) is 69.4 Å². The van der Waals surface area contributed by atoms with Crippen LogP contribution in [-0.4, -0.2) is 33.6 Å². The molecule has 0 aromatic carbocycles. The maximum atomic E-state index is 12.3. The Balaban J connectivity index is 1.31. The molecule has 1 aromatic rings. The highest BCUT2D eigenvalue weighted by Gasteiger charge is 2.27. The van der Waals surface area contributed by atoms with E-state index >= 15 is 0 Å². The fourth-order valence-electron chi connectivity index (χ4n) is 4.40. The number of piperidine rings is 1. The summed E-state index contributed by atoms with van der Waals surface area (Å²) in [5.41, 5.74) is 1.16. The highest BCUT2D eigenvalue weighted by Crippen LogP contribution is 2.38. The summed E-state index contributed by atoms with van der Waals surface area (Å²) in [5, 5.41) is 0. The van der Waals surface area contributed by atoms with Crippen LogP contribution in [0, 0.1) is 5.92 Å². The van der Waals surface area contributed by atoms with Gasteiger partial charge in [-0.2, -0.15) is 0 Å². The Bertz CT molecular complexity index is 579. The average Bonchev–Trinajstić information content (AvgIpc) is 3.43. The number of hydrogen-bond donors (Lipinski definition) is 0. The minimum atomic E-state index is 0.150. The van der Waals surface area contributed by atoms with Crippen molar-refractivity contribution in [2.75, 3.05) is 13.1 Å². The lowest BCUT2D eigenvalue weighted by Crippen LogP contribution is -2.43. The van der Waals surface area contributed by atoms with E-state index in [-0.39, 0.29) is 5.56 Å². The second-order valence-electron chi connectivity index (χ2n) is 7.85. The SMILES string of the molecule is O=c1cc(C2CC2)ncn1CC1CCN(C2CCCCC2)CC1. The third-order valence-corrected chi connectivity index (χ3v) is 6.09. The molecular weight excluding hydrogens is 286 g/mol. The molecule has 23 heavy (non-hydrogen) atoms. The van der Waals surface area contributed by atoms with Gasteiger partial charge in [0.2, 0.25) is 0 Å². The quantitative estimate of drug-likeness (QED) is 0.856. The monoisotopic (exact) mass is 315 g/mol. The second kappa shape index (κ2) is 6.76. The average molecular weight is 315 g/mol. The first-order valence-corrected chi connectivity index (χ1v) is 9.60. The van der Waals surface area contributed by atoms with Crippen LogP contribution in [0.25, 0.3) is 0 Å². The molecule has 126 valence electrons. The molecule has 0 amide bonds. The Hall–Kier alpha value is -1.16. The standard InChI is InChI=1S/C19H29N3O/c23-19-12-18(16-6-7-16)20-14-22(19)13-15-8-10-21(11-9-15)17-4-2-1-3-5-17/h12,14-17H,1-11,13H2. The van der Waals surface area contributed by atoms with Gasteiger partial charge < -0.3 is 4.90 Å². The zero-order valence-corrected chi connectivity index (χ0v) is 14.1. The summed E-state index contributed by atoms with van der Waals surface area (Å²) in [6.07, 6.45) is 13.7. The molecule has 1 aliphatic heterocycles. The largest absolute Gasteiger partial charge is 0.300 e. The van der Waals surface area contributed by atoms with Gasteiger partial charge in [0.1, 0.15) is 0 Å². The van der Waals surface area contributed by atoms with Crippen LogP contribution in [-0.2, 0) is 6.54 Å². The molecule has 0 radical (unpaired) electrons. The van der Waals surface area contributed by atoms with Crippen LogP contribution in [0.4, 0.5) is 0 Å². The lowest BCUT2D eigenvalue weighted by Gasteiger charge is -2.39. The van der Waals surface area contributed by atoms with Gasteiger partial charge >= 0.3 is 0 Å². The van der Waals surface area contributed by atoms with Crippen LogP contribution >= 0.6 is 0 Å². The van der Waals surface area contributed by atoms with Crippen molar-refractivity contribution in [2.45, 2.75) is 76.3 Å². The van der Waals surface area contributed by atoms with E-state index in [0.29, 0.717) is 11.8 Å². The molecule has 4 heteroatoms. The van der Waals surface area contributed by atoms with Crippen molar-refractivity contribution in [3.63, 3.8) is 0 Å². The van der Waals surface area contributed by atoms with E-state index in [1.807, 2.05) is 4.57 Å². The lowest BCUT2D eigenvalue weighted by atomic mass is 9.90. The Morgan fingerprint density at radius 3 is 2.39 bits per heavy atom. The van der Waals surface area contributed by atoms with E-state index in [2.05, 4.69) is 9.88 Å². The second-order valence-corrected chi connectivity index (χ2v) is 7.85. The van der Waals surface area contributed by atoms with Gasteiger partial charge in [-0.25, -0.2) is 4.98 Å². The highest BCUT2D eigenvalue weighted by atomic mass is 16.1. The normalized spacial score (nSPS) is 24.9. The van der Waals surface area contributed by atoms with Crippen LogP contribution < -0.4 is 5.56 Å². The molecule has 2 saturated carbocycles. The summed E-state index contributed by atoms with van der Waals surface area (Å²) >= 11 is 0. The summed E-state index contributed by atoms with van der Waals surface area (Å²) in [7, 11) is 0. The first-order valence-electron chi connectivity index (χ1n) is 9.60. The maximum Gasteiger partial charge on any atom is 0.253 e. The molecule has 2 heterocycles. The third-order valence-electron chi connectivity index (χ3n) is 6.09. The summed E-state index contributed by atoms with van der Waals surface area (Å²) in [4.78, 5) is 19.5. The Morgan fingerprint density at radius 2 is 1.74 bits per heavy atom. The van der Waals surface area contributed by atoms with Gasteiger partial charge in [-0.15, -0.1) is 0 Å². The first kappa shape index (κ1) is 15.4. The van der Waals surface area contributed by atoms with Crippen LogP contribution in [0.2, 0.25) is 0 Å². The van der Waals surface area contributed by atoms with Gasteiger partial charge in [0, 0.05) is 24.6 Å². The summed E-state index contributed by atoms with van der Waals surface area (Å²) < 4.78 is 1.84. The van der Waals surface area contributed by atoms with Gasteiger partial charge in [0.25, 0.3) is 5.56 Å². The number of aromatic nitrogens is 2. The minimum absolute atomic E-state index is 0.150. The summed E-state index contributed by atoms with van der Waals surface area (Å²) in [5.74, 6) is 1.21. The number of hydrogen-bond acceptors (Lipinski definition) is 3. The van der Waals surface area contributed by atoms with Gasteiger partial charge in [0.15, 0.2) is 0 Å². The first-order chi connectivity index (χ1) is 11.3. The van der Waals surface area contributed by atoms with Crippen molar-refractivity contribution in [3.05, 3.63) is 28.4 Å². The molecule has 0 atom stereocenters. The van der Waals surface area contributed by atoms with Gasteiger partial charge in [-0.05, 0) is 57.5 Å². The molecule has 3 aliphatic rings. The summed E-state index contributed by atoms with van der Waals surface area (Å²) in [6.45, 7) is 3.30. The fourth-order valence-corrected chi connectivity index (χ4v) is 4.40. The fraction of sp³-hybridized carbons (Fsp3) is 0.789. The molecule has 4 rings (SSSR count). The number of nitrogens with zero attached hydrogens (tertiary/aromatic N) is 3. The molecule has 3 fully saturated rings. The van der Waals surface area contributed by atoms with Gasteiger partial charge in [-0.1, -0.05) is 19.3 Å². The van der Waals surface area contributed by atoms with E-state index < -0.39 is 0 Å². The van der Waals surface area contributed by atoms with Crippen molar-refractivity contribution in [1.29, 1.82) is 0 Å². The van der Waals surface area contributed by atoms with E-state index in [1.54, 1.807) is 12.4 Å². The van der Waals surface area contributed by atoms with Crippen LogP contribution in [0.3, 0.4) is 0 Å². The predicted octanol–water partition coefficient (Wildman–Crippen LogP) is 3.17. The Kier molecular flexibility index (Phi) is 4.52. The van der Waals surface area contributed by atoms with Crippen molar-refractivity contribution >= 4 is 0 Å². The van der Waals surface area contributed by atoms with Gasteiger partial charge in [0.05, 0.1) is 12.0 Å². The molecular formula is C19H29N3O. The minimum Gasteiger partial charge on any atom is -0.300 e. The van der Waals surface area contributed by atoms with Crippen molar-refractivity contribution in [3.8, 4) is 0 Å². The molecule has 0 spiro atoms. The molecule has 4 nitrogen and oxygen atoms in total. The molecule has 1 aromatic heterocycles. The Morgan fingerprint density at radius 1 is 1.00 bits per heavy atom. The summed E-state index contributed by atoms with van der Waals surface area (Å²) in [6, 6.07) is 2.61. The molecule has 0 unspecified atom stereocenters. The molecule has 0 N–H and O–H groups in total. The Labute approximate surface area is 138 Å². The van der Waals surface area contributed by atoms with E-state index in [9.17, 15) is 4.79 Å². The van der Waals surface area contributed by atoms with E-state index in [0.717, 1.165) is 18.3 Å². The van der Waals surface area contributed by atoms with Crippen molar-refractivity contribution in [2.24, 2.45) is 5.92 Å². The highest BCUT2D eigenvalue weighted by molar-refractivity contribution is 5.12. The zero-order chi connectivity index (χ0) is 15.6. The lowest BCUT2D eigenvalue weighted by molar-refractivity contribution is 0.101. The predicted molar refractivity (Wildman–Crippen MR) is 91.6 cm³/mol. The van der Waals surface area contributed by atoms with Crippen molar-refractivity contribution < 1.29 is 0 Å². The third kappa shape index (κ3) is 3.68. The smallest absolute Gasteiger partial charge is 0.253 e. The zero-order valence-electron chi connectivity index (χ0n) is 14.1. The topological polar surface area (TPSA) is 38.1 Å². The van der Waals surface area contributed by atoms with E-state index in [1.165, 1.54) is 70.9 Å². The number of likely N-dealkylation sites (tertiary alicyclic amines) is 1.